The van der Waals surface area contributed by atoms with Gasteiger partial charge in [-0.25, -0.2) is 9.37 Å². The molecule has 20 heavy (non-hydrogen) atoms. The van der Waals surface area contributed by atoms with Crippen LogP contribution in [0.5, 0.6) is 0 Å². The predicted octanol–water partition coefficient (Wildman–Crippen LogP) is 1.81. The molecule has 1 aliphatic heterocycles. The molecule has 0 radical (unpaired) electrons. The Morgan fingerprint density at radius 3 is 2.85 bits per heavy atom. The number of pyridine rings is 1. The summed E-state index contributed by atoms with van der Waals surface area (Å²) in [6.07, 6.45) is 3.10. The molecule has 1 aromatic rings. The van der Waals surface area contributed by atoms with Gasteiger partial charge in [0.15, 0.2) is 17.9 Å². The summed E-state index contributed by atoms with van der Waals surface area (Å²) in [7, 11) is 0. The molecule has 0 spiro atoms. The number of hydrogen-bond donors (Lipinski definition) is 0. The van der Waals surface area contributed by atoms with Gasteiger partial charge in [-0.05, 0) is 25.8 Å². The first-order chi connectivity index (χ1) is 9.67. The van der Waals surface area contributed by atoms with Crippen LogP contribution in [0.2, 0.25) is 0 Å². The van der Waals surface area contributed by atoms with Gasteiger partial charge in [0.2, 0.25) is 0 Å². The largest absolute Gasteiger partial charge is 0.466 e. The van der Waals surface area contributed by atoms with Crippen LogP contribution in [0.1, 0.15) is 30.1 Å². The molecule has 2 heterocycles. The lowest BCUT2D eigenvalue weighted by Crippen LogP contribution is -2.38. The molecule has 0 amide bonds. The van der Waals surface area contributed by atoms with E-state index in [1.807, 2.05) is 0 Å². The summed E-state index contributed by atoms with van der Waals surface area (Å²) >= 11 is 0. The molecule has 1 fully saturated rings. The van der Waals surface area contributed by atoms with E-state index in [1.54, 1.807) is 11.8 Å². The summed E-state index contributed by atoms with van der Waals surface area (Å²) < 4.78 is 19.0. The van der Waals surface area contributed by atoms with Gasteiger partial charge < -0.3 is 9.64 Å². The third-order valence-electron chi connectivity index (χ3n) is 3.44. The van der Waals surface area contributed by atoms with Crippen LogP contribution < -0.4 is 4.90 Å². The number of esters is 1. The molecule has 1 aliphatic rings. The Hall–Kier alpha value is -1.98. The van der Waals surface area contributed by atoms with Crippen molar-refractivity contribution in [3.63, 3.8) is 0 Å². The minimum atomic E-state index is -0.600. The number of carbonyl (C=O) groups excluding carboxylic acids is 2. The molecule has 1 saturated heterocycles. The van der Waals surface area contributed by atoms with Crippen LogP contribution in [0.3, 0.4) is 0 Å². The second-order valence-corrected chi connectivity index (χ2v) is 4.67. The first-order valence-corrected chi connectivity index (χ1v) is 6.68. The number of ether oxygens (including phenoxy) is 1. The van der Waals surface area contributed by atoms with Crippen LogP contribution in [0.25, 0.3) is 0 Å². The zero-order valence-corrected chi connectivity index (χ0v) is 11.3. The summed E-state index contributed by atoms with van der Waals surface area (Å²) in [5.74, 6) is -0.750. The Morgan fingerprint density at radius 1 is 1.55 bits per heavy atom. The first-order valence-electron chi connectivity index (χ1n) is 6.68. The molecule has 6 heteroatoms. The maximum absolute atomic E-state index is 14.0. The van der Waals surface area contributed by atoms with Crippen LogP contribution in [-0.4, -0.2) is 36.9 Å². The lowest BCUT2D eigenvalue weighted by Gasteiger charge is -2.31. The number of aldehydes is 1. The Kier molecular flexibility index (Phi) is 4.65. The molecule has 0 atom stereocenters. The number of aromatic nitrogens is 1. The van der Waals surface area contributed by atoms with Crippen molar-refractivity contribution in [2.24, 2.45) is 5.92 Å². The van der Waals surface area contributed by atoms with Crippen LogP contribution >= 0.6 is 0 Å². The van der Waals surface area contributed by atoms with Crippen molar-refractivity contribution >= 4 is 18.1 Å². The highest BCUT2D eigenvalue weighted by Crippen LogP contribution is 2.25. The lowest BCUT2D eigenvalue weighted by molar-refractivity contribution is -0.148. The first kappa shape index (κ1) is 14.4. The van der Waals surface area contributed by atoms with E-state index in [2.05, 4.69) is 4.98 Å². The molecule has 0 N–H and O–H groups in total. The zero-order valence-electron chi connectivity index (χ0n) is 11.3. The summed E-state index contributed by atoms with van der Waals surface area (Å²) in [6.45, 7) is 3.19. The number of nitrogens with zero attached hydrogens (tertiary/aromatic N) is 2. The van der Waals surface area contributed by atoms with Crippen molar-refractivity contribution < 1.29 is 18.7 Å². The standard InChI is InChI=1S/C14H17FN2O3/c1-2-20-14(19)10-4-7-17(8-5-10)13-12(15)11(9-18)3-6-16-13/h3,6,9-10H,2,4-5,7-8H2,1H3. The van der Waals surface area contributed by atoms with Gasteiger partial charge in [-0.15, -0.1) is 0 Å². The van der Waals surface area contributed by atoms with E-state index in [9.17, 15) is 14.0 Å². The highest BCUT2D eigenvalue weighted by atomic mass is 19.1. The number of hydrogen-bond acceptors (Lipinski definition) is 5. The smallest absolute Gasteiger partial charge is 0.309 e. The Labute approximate surface area is 116 Å². The van der Waals surface area contributed by atoms with Crippen molar-refractivity contribution in [1.29, 1.82) is 0 Å². The normalized spacial score (nSPS) is 16.0. The number of anilines is 1. The van der Waals surface area contributed by atoms with Crippen molar-refractivity contribution in [3.8, 4) is 0 Å². The Morgan fingerprint density at radius 2 is 2.25 bits per heavy atom. The van der Waals surface area contributed by atoms with Crippen molar-refractivity contribution in [2.45, 2.75) is 19.8 Å². The van der Waals surface area contributed by atoms with Gasteiger partial charge >= 0.3 is 5.97 Å². The fourth-order valence-corrected chi connectivity index (χ4v) is 2.35. The van der Waals surface area contributed by atoms with E-state index in [-0.39, 0.29) is 23.3 Å². The minimum Gasteiger partial charge on any atom is -0.466 e. The third kappa shape index (κ3) is 2.95. The van der Waals surface area contributed by atoms with Gasteiger partial charge in [0.1, 0.15) is 0 Å². The number of piperidine rings is 1. The van der Waals surface area contributed by atoms with Gasteiger partial charge in [0.25, 0.3) is 0 Å². The molecule has 0 bridgehead atoms. The molecule has 108 valence electrons. The van der Waals surface area contributed by atoms with Crippen LogP contribution in [0.15, 0.2) is 12.3 Å². The molecular formula is C14H17FN2O3. The Balaban J connectivity index is 2.04. The molecular weight excluding hydrogens is 263 g/mol. The molecule has 0 saturated carbocycles. The van der Waals surface area contributed by atoms with E-state index < -0.39 is 5.82 Å². The van der Waals surface area contributed by atoms with Crippen LogP contribution in [-0.2, 0) is 9.53 Å². The maximum atomic E-state index is 14.0. The van der Waals surface area contributed by atoms with E-state index >= 15 is 0 Å². The van der Waals surface area contributed by atoms with Gasteiger partial charge in [-0.2, -0.15) is 0 Å². The molecule has 1 aromatic heterocycles. The third-order valence-corrected chi connectivity index (χ3v) is 3.44. The number of halogens is 1. The second kappa shape index (κ2) is 6.45. The van der Waals surface area contributed by atoms with Crippen molar-refractivity contribution in [2.75, 3.05) is 24.6 Å². The monoisotopic (exact) mass is 280 g/mol. The van der Waals surface area contributed by atoms with Gasteiger partial charge in [-0.1, -0.05) is 0 Å². The average molecular weight is 280 g/mol. The predicted molar refractivity (Wildman–Crippen MR) is 71.2 cm³/mol. The van der Waals surface area contributed by atoms with Crippen molar-refractivity contribution in [3.05, 3.63) is 23.6 Å². The van der Waals surface area contributed by atoms with Crippen molar-refractivity contribution in [1.82, 2.24) is 4.98 Å². The van der Waals surface area contributed by atoms with E-state index in [0.29, 0.717) is 38.8 Å². The van der Waals surface area contributed by atoms with Crippen LogP contribution in [0, 0.1) is 11.7 Å². The zero-order chi connectivity index (χ0) is 14.5. The summed E-state index contributed by atoms with van der Waals surface area (Å²) in [5, 5.41) is 0. The Bertz CT molecular complexity index is 499. The number of carbonyl (C=O) groups is 2. The molecule has 0 aliphatic carbocycles. The lowest BCUT2D eigenvalue weighted by atomic mass is 9.97. The van der Waals surface area contributed by atoms with E-state index in [0.717, 1.165) is 0 Å². The number of rotatable bonds is 4. The van der Waals surface area contributed by atoms with E-state index in [1.165, 1.54) is 12.3 Å². The SMILES string of the molecule is CCOC(=O)C1CCN(c2nccc(C=O)c2F)CC1. The van der Waals surface area contributed by atoms with E-state index in [4.69, 9.17) is 4.74 Å². The highest BCUT2D eigenvalue weighted by molar-refractivity contribution is 5.77. The van der Waals surface area contributed by atoms with Gasteiger partial charge in [0, 0.05) is 19.3 Å². The molecule has 0 aromatic carbocycles. The van der Waals surface area contributed by atoms with Gasteiger partial charge in [-0.3, -0.25) is 9.59 Å². The molecule has 0 unspecified atom stereocenters. The highest BCUT2D eigenvalue weighted by Gasteiger charge is 2.28. The fourth-order valence-electron chi connectivity index (χ4n) is 2.35. The van der Waals surface area contributed by atoms with Crippen LogP contribution in [0.4, 0.5) is 10.2 Å². The topological polar surface area (TPSA) is 59.5 Å². The summed E-state index contributed by atoms with van der Waals surface area (Å²) in [5.41, 5.74) is 0.00233. The average Bonchev–Trinajstić information content (AvgIpc) is 2.48. The summed E-state index contributed by atoms with van der Waals surface area (Å²) in [6, 6.07) is 1.34. The van der Waals surface area contributed by atoms with Gasteiger partial charge in [0.05, 0.1) is 18.1 Å². The molecule has 2 rings (SSSR count). The minimum absolute atomic E-state index is 0.00233. The summed E-state index contributed by atoms with van der Waals surface area (Å²) in [4.78, 5) is 28.1. The molecule has 5 nitrogen and oxygen atoms in total. The maximum Gasteiger partial charge on any atom is 0.309 e. The second-order valence-electron chi connectivity index (χ2n) is 4.67. The quantitative estimate of drug-likeness (QED) is 0.622. The fraction of sp³-hybridized carbons (Fsp3) is 0.500.